The zero-order valence-electron chi connectivity index (χ0n) is 30.1. The summed E-state index contributed by atoms with van der Waals surface area (Å²) >= 11 is 0. The van der Waals surface area contributed by atoms with Gasteiger partial charge in [0.15, 0.2) is 6.10 Å². The summed E-state index contributed by atoms with van der Waals surface area (Å²) in [4.78, 5) is 61.2. The molecule has 10 nitrogen and oxygen atoms in total. The highest BCUT2D eigenvalue weighted by Gasteiger charge is 2.39. The van der Waals surface area contributed by atoms with Gasteiger partial charge in [-0.05, 0) is 44.9 Å². The van der Waals surface area contributed by atoms with Crippen LogP contribution in [0.2, 0.25) is 0 Å². The maximum atomic E-state index is 12.9. The SMILES string of the molecule is CCCCCCCCC=CCCCCCCCC(=O)N[C@@H]1CCCC[C@H]1NC(=O)CCNC(=O)[C@@H](OC(C)=O)C(C)(C)COC(C)=O. The van der Waals surface area contributed by atoms with Crippen LogP contribution in [-0.4, -0.2) is 61.0 Å². The Labute approximate surface area is 284 Å². The molecule has 0 aromatic carbocycles. The summed E-state index contributed by atoms with van der Waals surface area (Å²) in [5.41, 5.74) is -0.971. The smallest absolute Gasteiger partial charge is 0.303 e. The minimum Gasteiger partial charge on any atom is -0.465 e. The van der Waals surface area contributed by atoms with Crippen molar-refractivity contribution >= 4 is 29.7 Å². The second-order valence-electron chi connectivity index (χ2n) is 13.8. The Morgan fingerprint density at radius 1 is 0.723 bits per heavy atom. The normalized spacial score (nSPS) is 17.1. The van der Waals surface area contributed by atoms with Crippen LogP contribution >= 0.6 is 0 Å². The fourth-order valence-corrected chi connectivity index (χ4v) is 5.88. The van der Waals surface area contributed by atoms with Crippen LogP contribution in [0, 0.1) is 5.41 Å². The van der Waals surface area contributed by atoms with E-state index in [1.165, 1.54) is 71.6 Å². The van der Waals surface area contributed by atoms with E-state index in [0.717, 1.165) is 51.4 Å². The first-order valence-corrected chi connectivity index (χ1v) is 18.3. The number of carbonyl (C=O) groups is 5. The molecule has 0 spiro atoms. The van der Waals surface area contributed by atoms with Gasteiger partial charge in [-0.1, -0.05) is 97.1 Å². The average Bonchev–Trinajstić information content (AvgIpc) is 3.01. The van der Waals surface area contributed by atoms with Crippen molar-refractivity contribution in [2.24, 2.45) is 5.41 Å². The molecule has 10 heteroatoms. The van der Waals surface area contributed by atoms with Crippen LogP contribution in [0.3, 0.4) is 0 Å². The van der Waals surface area contributed by atoms with Crippen LogP contribution in [0.4, 0.5) is 0 Å². The second kappa shape index (κ2) is 25.2. The molecule has 3 amide bonds. The van der Waals surface area contributed by atoms with Crippen LogP contribution in [0.25, 0.3) is 0 Å². The van der Waals surface area contributed by atoms with Crippen LogP contribution < -0.4 is 16.0 Å². The molecule has 0 heterocycles. The van der Waals surface area contributed by atoms with Gasteiger partial charge in [-0.25, -0.2) is 0 Å². The molecule has 0 saturated heterocycles. The van der Waals surface area contributed by atoms with Gasteiger partial charge in [0.05, 0.1) is 0 Å². The molecule has 47 heavy (non-hydrogen) atoms. The average molecular weight is 664 g/mol. The number of rotatable bonds is 25. The summed E-state index contributed by atoms with van der Waals surface area (Å²) in [6, 6.07) is -0.255. The molecule has 0 aromatic rings. The number of hydrogen-bond donors (Lipinski definition) is 3. The summed E-state index contributed by atoms with van der Waals surface area (Å²) in [6.07, 6.45) is 23.4. The van der Waals surface area contributed by atoms with E-state index < -0.39 is 29.4 Å². The van der Waals surface area contributed by atoms with Crippen molar-refractivity contribution < 1.29 is 33.4 Å². The number of ether oxygens (including phenoxy) is 2. The zero-order valence-corrected chi connectivity index (χ0v) is 30.1. The standard InChI is InChI=1S/C37H65N3O7/c1-6-7-8-9-10-11-12-13-14-15-16-17-18-19-20-25-33(43)39-31-23-21-22-24-32(31)40-34(44)26-27-38-36(45)35(47-30(3)42)37(4,5)28-46-29(2)41/h13-14,31-32,35H,6-12,15-28H2,1-5H3,(H,38,45)(H,39,43)(H,40,44)/t31-,32-,35-/m1/s1. The fraction of sp³-hybridized carbons (Fsp3) is 0.811. The van der Waals surface area contributed by atoms with E-state index in [1.54, 1.807) is 13.8 Å². The van der Waals surface area contributed by atoms with Crippen LogP contribution in [0.1, 0.15) is 157 Å². The number of unbranched alkanes of at least 4 members (excludes halogenated alkanes) is 11. The molecule has 1 saturated carbocycles. The van der Waals surface area contributed by atoms with Gasteiger partial charge >= 0.3 is 11.9 Å². The van der Waals surface area contributed by atoms with E-state index in [4.69, 9.17) is 9.47 Å². The molecule has 270 valence electrons. The highest BCUT2D eigenvalue weighted by Crippen LogP contribution is 2.25. The Morgan fingerprint density at radius 3 is 1.77 bits per heavy atom. The highest BCUT2D eigenvalue weighted by molar-refractivity contribution is 5.85. The minimum absolute atomic E-state index is 0.0360. The number of esters is 2. The number of nitrogens with one attached hydrogen (secondary N) is 3. The third kappa shape index (κ3) is 20.8. The first kappa shape index (κ1) is 42.1. The largest absolute Gasteiger partial charge is 0.465 e. The van der Waals surface area contributed by atoms with Gasteiger partial charge in [-0.2, -0.15) is 0 Å². The molecule has 0 unspecified atom stereocenters. The van der Waals surface area contributed by atoms with Crippen molar-refractivity contribution in [3.63, 3.8) is 0 Å². The first-order valence-electron chi connectivity index (χ1n) is 18.3. The highest BCUT2D eigenvalue weighted by atomic mass is 16.6. The van der Waals surface area contributed by atoms with Gasteiger partial charge in [0.2, 0.25) is 11.8 Å². The molecule has 3 atom stereocenters. The van der Waals surface area contributed by atoms with Crippen LogP contribution in [0.15, 0.2) is 12.2 Å². The Balaban J connectivity index is 2.30. The lowest BCUT2D eigenvalue weighted by Gasteiger charge is -2.33. The Kier molecular flexibility index (Phi) is 22.5. The summed E-state index contributed by atoms with van der Waals surface area (Å²) in [6.45, 7) is 7.97. The summed E-state index contributed by atoms with van der Waals surface area (Å²) in [7, 11) is 0. The Bertz CT molecular complexity index is 966. The maximum absolute atomic E-state index is 12.9. The summed E-state index contributed by atoms with van der Waals surface area (Å²) in [5, 5.41) is 8.86. The van der Waals surface area contributed by atoms with Gasteiger partial charge in [0.1, 0.15) is 6.61 Å². The van der Waals surface area contributed by atoms with Crippen molar-refractivity contribution in [2.45, 2.75) is 175 Å². The quantitative estimate of drug-likeness (QED) is 0.0568. The molecule has 3 N–H and O–H groups in total. The van der Waals surface area contributed by atoms with Crippen LogP contribution in [-0.2, 0) is 33.4 Å². The Hall–Kier alpha value is -2.91. The molecule has 1 rings (SSSR count). The topological polar surface area (TPSA) is 140 Å². The molecular formula is C37H65N3O7. The predicted octanol–water partition coefficient (Wildman–Crippen LogP) is 6.59. The lowest BCUT2D eigenvalue weighted by Crippen LogP contribution is -2.53. The molecule has 0 bridgehead atoms. The van der Waals surface area contributed by atoms with E-state index in [2.05, 4.69) is 35.0 Å². The molecule has 0 aliphatic heterocycles. The van der Waals surface area contributed by atoms with Crippen LogP contribution in [0.5, 0.6) is 0 Å². The van der Waals surface area contributed by atoms with Crippen molar-refractivity contribution in [1.29, 1.82) is 0 Å². The third-order valence-corrected chi connectivity index (χ3v) is 8.65. The van der Waals surface area contributed by atoms with Crippen molar-refractivity contribution in [3.8, 4) is 0 Å². The third-order valence-electron chi connectivity index (χ3n) is 8.65. The first-order chi connectivity index (χ1) is 22.5. The van der Waals surface area contributed by atoms with Gasteiger partial charge < -0.3 is 25.4 Å². The van der Waals surface area contributed by atoms with Gasteiger partial charge in [-0.15, -0.1) is 0 Å². The molecule has 0 aromatic heterocycles. The van der Waals surface area contributed by atoms with E-state index in [0.29, 0.717) is 6.42 Å². The zero-order chi connectivity index (χ0) is 34.9. The lowest BCUT2D eigenvalue weighted by molar-refractivity contribution is -0.166. The van der Waals surface area contributed by atoms with Crippen molar-refractivity contribution in [3.05, 3.63) is 12.2 Å². The number of amides is 3. The van der Waals surface area contributed by atoms with Crippen molar-refractivity contribution in [2.75, 3.05) is 13.2 Å². The molecule has 1 aliphatic rings. The number of carbonyl (C=O) groups excluding carboxylic acids is 5. The molecule has 1 fully saturated rings. The van der Waals surface area contributed by atoms with Crippen molar-refractivity contribution in [1.82, 2.24) is 16.0 Å². The molecule has 0 radical (unpaired) electrons. The van der Waals surface area contributed by atoms with Gasteiger partial charge in [-0.3, -0.25) is 24.0 Å². The van der Waals surface area contributed by atoms with E-state index in [9.17, 15) is 24.0 Å². The number of hydrogen-bond acceptors (Lipinski definition) is 7. The van der Waals surface area contributed by atoms with Gasteiger partial charge in [0.25, 0.3) is 5.91 Å². The molecular weight excluding hydrogens is 598 g/mol. The van der Waals surface area contributed by atoms with E-state index in [-0.39, 0.29) is 43.5 Å². The number of allylic oxidation sites excluding steroid dienone is 2. The summed E-state index contributed by atoms with van der Waals surface area (Å²) in [5.74, 6) is -1.90. The Morgan fingerprint density at radius 2 is 1.23 bits per heavy atom. The maximum Gasteiger partial charge on any atom is 0.303 e. The second-order valence-corrected chi connectivity index (χ2v) is 13.8. The minimum atomic E-state index is -1.19. The van der Waals surface area contributed by atoms with Gasteiger partial charge in [0, 0.05) is 50.7 Å². The fourth-order valence-electron chi connectivity index (χ4n) is 5.88. The predicted molar refractivity (Wildman–Crippen MR) is 185 cm³/mol. The molecule has 1 aliphatic carbocycles. The summed E-state index contributed by atoms with van der Waals surface area (Å²) < 4.78 is 10.3. The van der Waals surface area contributed by atoms with E-state index >= 15 is 0 Å². The monoisotopic (exact) mass is 663 g/mol. The van der Waals surface area contributed by atoms with E-state index in [1.807, 2.05) is 0 Å². The lowest BCUT2D eigenvalue weighted by atomic mass is 9.86.